The predicted octanol–water partition coefficient (Wildman–Crippen LogP) is 7.95. The van der Waals surface area contributed by atoms with Gasteiger partial charge < -0.3 is 10.0 Å². The van der Waals surface area contributed by atoms with Gasteiger partial charge in [0.1, 0.15) is 11.9 Å². The van der Waals surface area contributed by atoms with E-state index in [2.05, 4.69) is 11.8 Å². The largest absolute Gasteiger partial charge is 0.480 e. The normalized spacial score (nSPS) is 18.9. The summed E-state index contributed by atoms with van der Waals surface area (Å²) in [5.74, 6) is -1.49. The zero-order valence-corrected chi connectivity index (χ0v) is 26.9. The third-order valence-corrected chi connectivity index (χ3v) is 9.84. The molecule has 2 aromatic rings. The second kappa shape index (κ2) is 15.4. The standard InChI is InChI=1S/C34H46ClF4N3O2/c1-23-7-8-27(35)21-29(23)25(12-18-41-15-5-4-6-16-41)11-17-40(3)32(33(43)44)28-9-10-30(36)24(2)31(28)26-13-19-42(20-14-26)22-34(37,38)39/h7-10,21,25-26,32H,4-6,11-20,22H2,1-3H3,(H,43,44)/t25-,32+/m1/s1. The number of hydrogen-bond donors (Lipinski definition) is 1. The molecule has 2 saturated heterocycles. The fourth-order valence-electron chi connectivity index (χ4n) is 7.21. The Morgan fingerprint density at radius 1 is 1.00 bits per heavy atom. The van der Waals surface area contributed by atoms with Crippen molar-refractivity contribution in [1.82, 2.24) is 14.7 Å². The fraction of sp³-hybridized carbons (Fsp3) is 0.618. The zero-order chi connectivity index (χ0) is 32.0. The number of aliphatic carboxylic acids is 1. The van der Waals surface area contributed by atoms with Crippen molar-refractivity contribution in [3.63, 3.8) is 0 Å². The van der Waals surface area contributed by atoms with Gasteiger partial charge in [-0.05, 0) is 157 Å². The highest BCUT2D eigenvalue weighted by molar-refractivity contribution is 6.30. The molecule has 2 aliphatic heterocycles. The molecule has 2 fully saturated rings. The number of carboxylic acids is 1. The van der Waals surface area contributed by atoms with E-state index in [9.17, 15) is 27.5 Å². The van der Waals surface area contributed by atoms with Crippen LogP contribution >= 0.6 is 11.6 Å². The lowest BCUT2D eigenvalue weighted by atomic mass is 9.81. The number of piperidine rings is 2. The van der Waals surface area contributed by atoms with Crippen LogP contribution in [-0.2, 0) is 4.79 Å². The Morgan fingerprint density at radius 2 is 1.68 bits per heavy atom. The van der Waals surface area contributed by atoms with Crippen LogP contribution in [0.1, 0.15) is 90.6 Å². The molecule has 0 amide bonds. The van der Waals surface area contributed by atoms with E-state index in [4.69, 9.17) is 11.6 Å². The van der Waals surface area contributed by atoms with Gasteiger partial charge in [-0.15, -0.1) is 0 Å². The number of benzene rings is 2. The van der Waals surface area contributed by atoms with Crippen molar-refractivity contribution < 1.29 is 27.5 Å². The number of halogens is 5. The number of likely N-dealkylation sites (tertiary alicyclic amines) is 2. The van der Waals surface area contributed by atoms with E-state index in [-0.39, 0.29) is 24.9 Å². The molecule has 4 rings (SSSR count). The Kier molecular flexibility index (Phi) is 12.1. The molecule has 0 unspecified atom stereocenters. The smallest absolute Gasteiger partial charge is 0.401 e. The van der Waals surface area contributed by atoms with Gasteiger partial charge in [0.25, 0.3) is 0 Å². The number of aryl methyl sites for hydroxylation is 1. The van der Waals surface area contributed by atoms with Crippen molar-refractivity contribution in [2.45, 2.75) is 82.8 Å². The highest BCUT2D eigenvalue weighted by atomic mass is 35.5. The van der Waals surface area contributed by atoms with E-state index in [1.807, 2.05) is 23.1 Å². The molecule has 2 aromatic carbocycles. The summed E-state index contributed by atoms with van der Waals surface area (Å²) in [5, 5.41) is 11.2. The minimum absolute atomic E-state index is 0.180. The molecule has 0 saturated carbocycles. The predicted molar refractivity (Wildman–Crippen MR) is 167 cm³/mol. The summed E-state index contributed by atoms with van der Waals surface area (Å²) in [6, 6.07) is 7.81. The third-order valence-electron chi connectivity index (χ3n) is 9.60. The summed E-state index contributed by atoms with van der Waals surface area (Å²) in [6.45, 7) is 6.87. The Morgan fingerprint density at radius 3 is 2.32 bits per heavy atom. The molecule has 44 heavy (non-hydrogen) atoms. The molecule has 2 heterocycles. The van der Waals surface area contributed by atoms with Crippen LogP contribution in [0.5, 0.6) is 0 Å². The molecule has 1 N–H and O–H groups in total. The average Bonchev–Trinajstić information content (AvgIpc) is 2.97. The van der Waals surface area contributed by atoms with Crippen LogP contribution in [0, 0.1) is 19.7 Å². The monoisotopic (exact) mass is 639 g/mol. The third kappa shape index (κ3) is 9.18. The zero-order valence-electron chi connectivity index (χ0n) is 26.1. The van der Waals surface area contributed by atoms with E-state index in [0.717, 1.165) is 38.0 Å². The van der Waals surface area contributed by atoms with Crippen LogP contribution in [-0.4, -0.2) is 84.8 Å². The van der Waals surface area contributed by atoms with Gasteiger partial charge in [-0.1, -0.05) is 30.2 Å². The maximum absolute atomic E-state index is 14.9. The van der Waals surface area contributed by atoms with Gasteiger partial charge in [0.05, 0.1) is 6.54 Å². The van der Waals surface area contributed by atoms with Crippen molar-refractivity contribution >= 4 is 17.6 Å². The molecule has 2 atom stereocenters. The van der Waals surface area contributed by atoms with E-state index >= 15 is 0 Å². The lowest BCUT2D eigenvalue weighted by molar-refractivity contribution is -0.148. The lowest BCUT2D eigenvalue weighted by Gasteiger charge is -2.36. The van der Waals surface area contributed by atoms with Gasteiger partial charge in [0, 0.05) is 5.02 Å². The maximum Gasteiger partial charge on any atom is 0.401 e. The minimum atomic E-state index is -4.28. The van der Waals surface area contributed by atoms with Gasteiger partial charge in [0.2, 0.25) is 0 Å². The maximum atomic E-state index is 14.9. The minimum Gasteiger partial charge on any atom is -0.480 e. The molecular formula is C34H46ClF4N3O2. The van der Waals surface area contributed by atoms with Crippen molar-refractivity contribution in [2.24, 2.45) is 0 Å². The molecule has 5 nitrogen and oxygen atoms in total. The molecule has 244 valence electrons. The fourth-order valence-corrected chi connectivity index (χ4v) is 7.39. The van der Waals surface area contributed by atoms with E-state index in [1.54, 1.807) is 20.0 Å². The molecule has 0 spiro atoms. The summed E-state index contributed by atoms with van der Waals surface area (Å²) < 4.78 is 53.8. The number of nitrogens with zero attached hydrogens (tertiary/aromatic N) is 3. The summed E-state index contributed by atoms with van der Waals surface area (Å²) in [7, 11) is 1.79. The number of carboxylic acid groups (broad SMARTS) is 1. The SMILES string of the molecule is Cc1ccc(Cl)cc1[C@@H](CCN1CCCCC1)CCN(C)[C@H](C(=O)O)c1ccc(F)c(C)c1C1CCN(CC(F)(F)F)CC1. The van der Waals surface area contributed by atoms with Gasteiger partial charge in [-0.3, -0.25) is 14.6 Å². The van der Waals surface area contributed by atoms with Crippen LogP contribution in [0.4, 0.5) is 17.6 Å². The second-order valence-corrected chi connectivity index (χ2v) is 13.2. The Bertz CT molecular complexity index is 1260. The summed E-state index contributed by atoms with van der Waals surface area (Å²) in [5.41, 5.74) is 3.87. The average molecular weight is 640 g/mol. The highest BCUT2D eigenvalue weighted by Gasteiger charge is 2.36. The molecule has 0 aliphatic carbocycles. The first-order valence-electron chi connectivity index (χ1n) is 15.8. The second-order valence-electron chi connectivity index (χ2n) is 12.7. The van der Waals surface area contributed by atoms with E-state index in [1.165, 1.54) is 35.8 Å². The molecule has 2 aliphatic rings. The summed E-state index contributed by atoms with van der Waals surface area (Å²) >= 11 is 6.42. The topological polar surface area (TPSA) is 47.0 Å². The van der Waals surface area contributed by atoms with Crippen molar-refractivity contribution in [2.75, 3.05) is 52.9 Å². The molecule has 0 radical (unpaired) electrons. The number of likely N-dealkylation sites (N-methyl/N-ethyl adjacent to an activating group) is 1. The highest BCUT2D eigenvalue weighted by Crippen LogP contribution is 2.39. The van der Waals surface area contributed by atoms with Crippen molar-refractivity contribution in [1.29, 1.82) is 0 Å². The van der Waals surface area contributed by atoms with Crippen LogP contribution in [0.2, 0.25) is 5.02 Å². The molecule has 0 bridgehead atoms. The molecule has 10 heteroatoms. The van der Waals surface area contributed by atoms with E-state index < -0.39 is 30.5 Å². The van der Waals surface area contributed by atoms with Gasteiger partial charge in [-0.2, -0.15) is 13.2 Å². The Hall–Kier alpha value is -2.20. The first-order chi connectivity index (χ1) is 20.8. The van der Waals surface area contributed by atoms with Gasteiger partial charge in [0.15, 0.2) is 0 Å². The first-order valence-corrected chi connectivity index (χ1v) is 16.2. The van der Waals surface area contributed by atoms with Gasteiger partial charge in [-0.25, -0.2) is 4.39 Å². The first kappa shape index (κ1) is 34.7. The van der Waals surface area contributed by atoms with Crippen molar-refractivity contribution in [3.05, 3.63) is 69.0 Å². The van der Waals surface area contributed by atoms with Crippen molar-refractivity contribution in [3.8, 4) is 0 Å². The number of rotatable bonds is 12. The number of alkyl halides is 3. The lowest BCUT2D eigenvalue weighted by Crippen LogP contribution is -2.40. The Labute approximate surface area is 264 Å². The number of carbonyl (C=O) groups is 1. The van der Waals surface area contributed by atoms with Crippen LogP contribution in [0.15, 0.2) is 30.3 Å². The van der Waals surface area contributed by atoms with E-state index in [0.29, 0.717) is 41.1 Å². The Balaban J connectivity index is 1.54. The van der Waals surface area contributed by atoms with Gasteiger partial charge >= 0.3 is 12.1 Å². The van der Waals surface area contributed by atoms with Crippen LogP contribution in [0.25, 0.3) is 0 Å². The quantitative estimate of drug-likeness (QED) is 0.239. The number of hydrogen-bond acceptors (Lipinski definition) is 4. The summed E-state index contributed by atoms with van der Waals surface area (Å²) in [4.78, 5) is 18.5. The van der Waals surface area contributed by atoms with Crippen LogP contribution < -0.4 is 0 Å². The molecule has 0 aromatic heterocycles. The molecular weight excluding hydrogens is 594 g/mol. The van der Waals surface area contributed by atoms with Crippen LogP contribution in [0.3, 0.4) is 0 Å². The summed E-state index contributed by atoms with van der Waals surface area (Å²) in [6.07, 6.45) is 1.90.